The SMILES string of the molecule is O=C1CCCN1c1ccc(S(=O)(=O)[O-])cc1. The number of rotatable bonds is 2. The molecule has 0 aromatic heterocycles. The Kier molecular flexibility index (Phi) is 2.69. The van der Waals surface area contributed by atoms with E-state index >= 15 is 0 Å². The Hall–Kier alpha value is -1.40. The van der Waals surface area contributed by atoms with Crippen LogP contribution in [-0.4, -0.2) is 25.4 Å². The summed E-state index contributed by atoms with van der Waals surface area (Å²) in [6, 6.07) is 5.41. The summed E-state index contributed by atoms with van der Waals surface area (Å²) in [6.07, 6.45) is 1.32. The highest BCUT2D eigenvalue weighted by Gasteiger charge is 2.21. The predicted molar refractivity (Wildman–Crippen MR) is 56.0 cm³/mol. The first-order chi connectivity index (χ1) is 7.48. The molecular weight excluding hydrogens is 230 g/mol. The number of carbonyl (C=O) groups is 1. The van der Waals surface area contributed by atoms with Gasteiger partial charge in [0.05, 0.1) is 4.90 Å². The van der Waals surface area contributed by atoms with E-state index in [4.69, 9.17) is 0 Å². The third kappa shape index (κ3) is 2.07. The minimum absolute atomic E-state index is 0.0257. The molecule has 0 N–H and O–H groups in total. The van der Waals surface area contributed by atoms with E-state index in [2.05, 4.69) is 0 Å². The van der Waals surface area contributed by atoms with Crippen molar-refractivity contribution in [3.8, 4) is 0 Å². The third-order valence-electron chi connectivity index (χ3n) is 2.51. The van der Waals surface area contributed by atoms with Gasteiger partial charge in [0, 0.05) is 18.7 Å². The van der Waals surface area contributed by atoms with Gasteiger partial charge in [0.2, 0.25) is 5.91 Å². The van der Waals surface area contributed by atoms with E-state index in [1.165, 1.54) is 24.3 Å². The van der Waals surface area contributed by atoms with Crippen LogP contribution in [0.25, 0.3) is 0 Å². The second-order valence-corrected chi connectivity index (χ2v) is 4.98. The monoisotopic (exact) mass is 240 g/mol. The molecule has 1 fully saturated rings. The maximum absolute atomic E-state index is 11.4. The summed E-state index contributed by atoms with van der Waals surface area (Å²) < 4.78 is 32.1. The number of anilines is 1. The van der Waals surface area contributed by atoms with Crippen LogP contribution in [0.1, 0.15) is 12.8 Å². The molecule has 0 bridgehead atoms. The van der Waals surface area contributed by atoms with Gasteiger partial charge in [0.1, 0.15) is 10.1 Å². The average molecular weight is 240 g/mol. The smallest absolute Gasteiger partial charge is 0.227 e. The standard InChI is InChI=1S/C10H11NO4S/c12-10-2-1-7-11(10)8-3-5-9(6-4-8)16(13,14)15/h3-6H,1-2,7H2,(H,13,14,15)/p-1. The zero-order valence-corrected chi connectivity index (χ0v) is 9.24. The molecule has 1 amide bonds. The Labute approximate surface area is 93.4 Å². The van der Waals surface area contributed by atoms with E-state index in [0.717, 1.165) is 6.42 Å². The fraction of sp³-hybridized carbons (Fsp3) is 0.300. The Balaban J connectivity index is 2.29. The van der Waals surface area contributed by atoms with Crippen molar-refractivity contribution in [2.24, 2.45) is 0 Å². The molecule has 1 aliphatic rings. The second kappa shape index (κ2) is 3.88. The van der Waals surface area contributed by atoms with Crippen molar-refractivity contribution in [1.29, 1.82) is 0 Å². The Morgan fingerprint density at radius 3 is 2.25 bits per heavy atom. The summed E-state index contributed by atoms with van der Waals surface area (Å²) in [5, 5.41) is 0. The van der Waals surface area contributed by atoms with Crippen molar-refractivity contribution >= 4 is 21.7 Å². The highest BCUT2D eigenvalue weighted by Crippen LogP contribution is 2.22. The highest BCUT2D eigenvalue weighted by atomic mass is 32.2. The molecule has 0 saturated carbocycles. The number of carbonyl (C=O) groups excluding carboxylic acids is 1. The van der Waals surface area contributed by atoms with Crippen LogP contribution >= 0.6 is 0 Å². The van der Waals surface area contributed by atoms with Crippen LogP contribution in [0.5, 0.6) is 0 Å². The number of nitrogens with zero attached hydrogens (tertiary/aromatic N) is 1. The fourth-order valence-electron chi connectivity index (χ4n) is 1.71. The molecule has 0 unspecified atom stereocenters. The summed E-state index contributed by atoms with van der Waals surface area (Å²) in [6.45, 7) is 0.641. The number of benzene rings is 1. The number of amides is 1. The number of hydrogen-bond donors (Lipinski definition) is 0. The Bertz CT molecular complexity index is 506. The first-order valence-corrected chi connectivity index (χ1v) is 6.25. The van der Waals surface area contributed by atoms with Crippen molar-refractivity contribution < 1.29 is 17.8 Å². The van der Waals surface area contributed by atoms with Gasteiger partial charge in [-0.3, -0.25) is 4.79 Å². The minimum Gasteiger partial charge on any atom is -0.744 e. The molecule has 1 aromatic carbocycles. The third-order valence-corrected chi connectivity index (χ3v) is 3.36. The number of hydrogen-bond acceptors (Lipinski definition) is 4. The molecule has 0 atom stereocenters. The van der Waals surface area contributed by atoms with Crippen LogP contribution in [0.3, 0.4) is 0 Å². The summed E-state index contributed by atoms with van der Waals surface area (Å²) in [4.78, 5) is 12.7. The first kappa shape index (κ1) is 11.1. The van der Waals surface area contributed by atoms with Crippen LogP contribution in [0, 0.1) is 0 Å². The topological polar surface area (TPSA) is 77.5 Å². The van der Waals surface area contributed by atoms with E-state index < -0.39 is 10.1 Å². The zero-order valence-electron chi connectivity index (χ0n) is 8.42. The van der Waals surface area contributed by atoms with Gasteiger partial charge in [-0.15, -0.1) is 0 Å². The average Bonchev–Trinajstić information content (AvgIpc) is 2.63. The lowest BCUT2D eigenvalue weighted by molar-refractivity contribution is -0.117. The van der Waals surface area contributed by atoms with Crippen molar-refractivity contribution in [3.05, 3.63) is 24.3 Å². The van der Waals surface area contributed by atoms with Gasteiger partial charge in [-0.2, -0.15) is 0 Å². The summed E-state index contributed by atoms with van der Waals surface area (Å²) >= 11 is 0. The molecule has 1 aliphatic heterocycles. The Morgan fingerprint density at radius 2 is 1.81 bits per heavy atom. The van der Waals surface area contributed by atoms with Crippen LogP contribution < -0.4 is 4.90 Å². The predicted octanol–water partition coefficient (Wildman–Crippen LogP) is 0.718. The largest absolute Gasteiger partial charge is 0.744 e. The molecule has 16 heavy (non-hydrogen) atoms. The second-order valence-electron chi connectivity index (χ2n) is 3.60. The quantitative estimate of drug-likeness (QED) is 0.713. The normalized spacial score (nSPS) is 16.8. The van der Waals surface area contributed by atoms with Crippen LogP contribution in [0.2, 0.25) is 0 Å². The van der Waals surface area contributed by atoms with Gasteiger partial charge in [-0.05, 0) is 30.7 Å². The molecule has 1 aromatic rings. The summed E-state index contributed by atoms with van der Waals surface area (Å²) in [7, 11) is -4.41. The molecular formula is C10H10NO4S-. The van der Waals surface area contributed by atoms with Crippen molar-refractivity contribution in [3.63, 3.8) is 0 Å². The van der Waals surface area contributed by atoms with E-state index in [9.17, 15) is 17.8 Å². The molecule has 6 heteroatoms. The van der Waals surface area contributed by atoms with Crippen molar-refractivity contribution in [2.75, 3.05) is 11.4 Å². The molecule has 0 aliphatic carbocycles. The first-order valence-electron chi connectivity index (χ1n) is 4.85. The minimum atomic E-state index is -4.41. The van der Waals surface area contributed by atoms with Gasteiger partial charge >= 0.3 is 0 Å². The van der Waals surface area contributed by atoms with Gasteiger partial charge in [-0.1, -0.05) is 0 Å². The van der Waals surface area contributed by atoms with E-state index in [-0.39, 0.29) is 10.8 Å². The van der Waals surface area contributed by atoms with Crippen molar-refractivity contribution in [2.45, 2.75) is 17.7 Å². The molecule has 86 valence electrons. The Morgan fingerprint density at radius 1 is 1.19 bits per heavy atom. The zero-order chi connectivity index (χ0) is 11.8. The maximum atomic E-state index is 11.4. The summed E-state index contributed by atoms with van der Waals surface area (Å²) in [5.74, 6) is 0.0257. The molecule has 1 saturated heterocycles. The molecule has 2 rings (SSSR count). The molecule has 1 heterocycles. The van der Waals surface area contributed by atoms with Crippen LogP contribution in [-0.2, 0) is 14.9 Å². The van der Waals surface area contributed by atoms with Gasteiger partial charge < -0.3 is 9.45 Å². The molecule has 0 radical (unpaired) electrons. The van der Waals surface area contributed by atoms with Gasteiger partial charge in [0.15, 0.2) is 0 Å². The van der Waals surface area contributed by atoms with E-state index in [0.29, 0.717) is 18.7 Å². The van der Waals surface area contributed by atoms with Crippen LogP contribution in [0.15, 0.2) is 29.2 Å². The van der Waals surface area contributed by atoms with Crippen molar-refractivity contribution in [1.82, 2.24) is 0 Å². The maximum Gasteiger partial charge on any atom is 0.227 e. The lowest BCUT2D eigenvalue weighted by Gasteiger charge is -2.16. The molecule has 0 spiro atoms. The van der Waals surface area contributed by atoms with Crippen LogP contribution in [0.4, 0.5) is 5.69 Å². The highest BCUT2D eigenvalue weighted by molar-refractivity contribution is 7.85. The lowest BCUT2D eigenvalue weighted by atomic mass is 10.3. The lowest BCUT2D eigenvalue weighted by Crippen LogP contribution is -2.23. The molecule has 5 nitrogen and oxygen atoms in total. The summed E-state index contributed by atoms with van der Waals surface area (Å²) in [5.41, 5.74) is 0.634. The van der Waals surface area contributed by atoms with E-state index in [1.807, 2.05) is 0 Å². The van der Waals surface area contributed by atoms with E-state index in [1.54, 1.807) is 4.90 Å². The van der Waals surface area contributed by atoms with Gasteiger partial charge in [-0.25, -0.2) is 8.42 Å². The van der Waals surface area contributed by atoms with Gasteiger partial charge in [0.25, 0.3) is 0 Å². The fourth-order valence-corrected chi connectivity index (χ4v) is 2.18.